The summed E-state index contributed by atoms with van der Waals surface area (Å²) in [5.41, 5.74) is 4.35. The average Bonchev–Trinajstić information content (AvgIpc) is 2.57. The van der Waals surface area contributed by atoms with Gasteiger partial charge in [-0.3, -0.25) is 15.5 Å². The monoisotopic (exact) mass is 467 g/mol. The third-order valence-electron chi connectivity index (χ3n) is 3.29. The SMILES string of the molecule is COCc1cc(C)nc(N/N=C\c2cc(I)c(O)c([N+](=O)[O-])c2)c1C#N. The number of nitrogens with one attached hydrogen (secondary N) is 1. The molecule has 1 aromatic carbocycles. The number of benzene rings is 1. The standard InChI is InChI=1S/C16H14IN5O4/c1-9-3-11(8-26-2)12(6-18)16(20-9)21-19-7-10-4-13(17)15(23)14(5-10)22(24)25/h3-5,7,23H,8H2,1-2H3,(H,20,21)/b19-7-. The molecule has 0 fully saturated rings. The van der Waals surface area contributed by atoms with Crippen LogP contribution in [0, 0.1) is 31.9 Å². The van der Waals surface area contributed by atoms with E-state index in [-0.39, 0.29) is 12.4 Å². The lowest BCUT2D eigenvalue weighted by Crippen LogP contribution is -2.03. The molecule has 1 aromatic heterocycles. The van der Waals surface area contributed by atoms with Crippen LogP contribution in [-0.2, 0) is 11.3 Å². The molecule has 0 atom stereocenters. The minimum Gasteiger partial charge on any atom is -0.501 e. The molecule has 0 saturated carbocycles. The van der Waals surface area contributed by atoms with Crippen molar-refractivity contribution in [3.05, 3.63) is 54.3 Å². The average molecular weight is 467 g/mol. The van der Waals surface area contributed by atoms with Crippen LogP contribution < -0.4 is 5.43 Å². The third-order valence-corrected chi connectivity index (χ3v) is 4.11. The Morgan fingerprint density at radius 3 is 2.88 bits per heavy atom. The summed E-state index contributed by atoms with van der Waals surface area (Å²) in [6, 6.07) is 6.56. The molecule has 0 radical (unpaired) electrons. The van der Waals surface area contributed by atoms with E-state index in [1.165, 1.54) is 19.4 Å². The molecule has 2 rings (SSSR count). The zero-order valence-corrected chi connectivity index (χ0v) is 16.0. The number of aromatic nitrogens is 1. The van der Waals surface area contributed by atoms with Crippen LogP contribution in [-0.4, -0.2) is 28.3 Å². The summed E-state index contributed by atoms with van der Waals surface area (Å²) in [5.74, 6) is -0.129. The smallest absolute Gasteiger partial charge is 0.312 e. The predicted octanol–water partition coefficient (Wildman–Crippen LogP) is 3.07. The Morgan fingerprint density at radius 2 is 2.27 bits per heavy atom. The minimum atomic E-state index is -0.671. The highest BCUT2D eigenvalue weighted by Gasteiger charge is 2.17. The van der Waals surface area contributed by atoms with E-state index in [0.29, 0.717) is 26.0 Å². The fraction of sp³-hybridized carbons (Fsp3) is 0.188. The number of phenols is 1. The summed E-state index contributed by atoms with van der Waals surface area (Å²) in [7, 11) is 1.53. The van der Waals surface area contributed by atoms with Gasteiger partial charge < -0.3 is 9.84 Å². The number of halogens is 1. The van der Waals surface area contributed by atoms with E-state index in [2.05, 4.69) is 21.6 Å². The maximum atomic E-state index is 11.0. The molecule has 0 unspecified atom stereocenters. The molecule has 26 heavy (non-hydrogen) atoms. The van der Waals surface area contributed by atoms with Gasteiger partial charge in [0.25, 0.3) is 0 Å². The first kappa shape index (κ1) is 19.5. The van der Waals surface area contributed by atoms with Crippen LogP contribution in [0.2, 0.25) is 0 Å². The summed E-state index contributed by atoms with van der Waals surface area (Å²) in [6.07, 6.45) is 1.34. The van der Waals surface area contributed by atoms with Gasteiger partial charge in [0.2, 0.25) is 5.75 Å². The zero-order chi connectivity index (χ0) is 19.3. The molecule has 0 aliphatic rings. The van der Waals surface area contributed by atoms with Crippen molar-refractivity contribution in [3.8, 4) is 11.8 Å². The van der Waals surface area contributed by atoms with Crippen molar-refractivity contribution in [3.63, 3.8) is 0 Å². The van der Waals surface area contributed by atoms with Crippen molar-refractivity contribution < 1.29 is 14.8 Å². The second kappa shape index (κ2) is 8.54. The highest BCUT2D eigenvalue weighted by Crippen LogP contribution is 2.31. The number of hydrogen-bond acceptors (Lipinski definition) is 8. The van der Waals surface area contributed by atoms with Crippen LogP contribution in [0.25, 0.3) is 0 Å². The van der Waals surface area contributed by atoms with Crippen molar-refractivity contribution >= 4 is 40.3 Å². The fourth-order valence-electron chi connectivity index (χ4n) is 2.20. The Morgan fingerprint density at radius 1 is 1.54 bits per heavy atom. The molecular weight excluding hydrogens is 453 g/mol. The predicted molar refractivity (Wildman–Crippen MR) is 103 cm³/mol. The van der Waals surface area contributed by atoms with Gasteiger partial charge in [0.1, 0.15) is 11.6 Å². The number of phenolic OH excluding ortho intramolecular Hbond substituents is 1. The van der Waals surface area contributed by atoms with Crippen LogP contribution in [0.1, 0.15) is 22.4 Å². The highest BCUT2D eigenvalue weighted by atomic mass is 127. The topological polar surface area (TPSA) is 134 Å². The molecular formula is C16H14IN5O4. The van der Waals surface area contributed by atoms with Crippen LogP contribution >= 0.6 is 22.6 Å². The lowest BCUT2D eigenvalue weighted by Gasteiger charge is -2.09. The van der Waals surface area contributed by atoms with Gasteiger partial charge in [0.05, 0.1) is 21.3 Å². The number of aromatic hydroxyl groups is 1. The summed E-state index contributed by atoms with van der Waals surface area (Å²) < 4.78 is 5.41. The van der Waals surface area contributed by atoms with E-state index < -0.39 is 16.4 Å². The molecule has 134 valence electrons. The zero-order valence-electron chi connectivity index (χ0n) is 13.9. The maximum absolute atomic E-state index is 11.0. The number of aryl methyl sites for hydroxylation is 1. The second-order valence-corrected chi connectivity index (χ2v) is 6.35. The van der Waals surface area contributed by atoms with E-state index in [1.807, 2.05) is 0 Å². The Balaban J connectivity index is 2.32. The van der Waals surface area contributed by atoms with Crippen LogP contribution in [0.15, 0.2) is 23.3 Å². The van der Waals surface area contributed by atoms with Gasteiger partial charge in [-0.2, -0.15) is 10.4 Å². The van der Waals surface area contributed by atoms with E-state index in [4.69, 9.17) is 4.74 Å². The van der Waals surface area contributed by atoms with Gasteiger partial charge in [-0.05, 0) is 41.6 Å². The number of nitro groups is 1. The fourth-order valence-corrected chi connectivity index (χ4v) is 2.84. The minimum absolute atomic E-state index is 0.257. The van der Waals surface area contributed by atoms with Crippen molar-refractivity contribution in [2.24, 2.45) is 5.10 Å². The maximum Gasteiger partial charge on any atom is 0.312 e. The molecule has 0 bridgehead atoms. The van der Waals surface area contributed by atoms with Crippen molar-refractivity contribution in [1.29, 1.82) is 5.26 Å². The van der Waals surface area contributed by atoms with Gasteiger partial charge >= 0.3 is 5.69 Å². The van der Waals surface area contributed by atoms with E-state index in [9.17, 15) is 20.5 Å². The number of nitrogens with zero attached hydrogens (tertiary/aromatic N) is 4. The number of methoxy groups -OCH3 is 1. The molecule has 2 aromatic rings. The molecule has 0 aliphatic heterocycles. The van der Waals surface area contributed by atoms with Crippen LogP contribution in [0.3, 0.4) is 0 Å². The number of pyridine rings is 1. The number of nitro benzene ring substituents is 1. The number of nitriles is 1. The molecule has 0 amide bonds. The largest absolute Gasteiger partial charge is 0.501 e. The number of anilines is 1. The normalized spacial score (nSPS) is 10.7. The Bertz CT molecular complexity index is 924. The van der Waals surface area contributed by atoms with Gasteiger partial charge in [-0.1, -0.05) is 0 Å². The Labute approximate surface area is 162 Å². The summed E-state index contributed by atoms with van der Waals surface area (Å²) in [4.78, 5) is 14.5. The highest BCUT2D eigenvalue weighted by molar-refractivity contribution is 14.1. The first-order valence-corrected chi connectivity index (χ1v) is 8.30. The first-order valence-electron chi connectivity index (χ1n) is 7.23. The molecule has 2 N–H and O–H groups in total. The van der Waals surface area contributed by atoms with Crippen LogP contribution in [0.4, 0.5) is 11.5 Å². The van der Waals surface area contributed by atoms with Gasteiger partial charge in [-0.15, -0.1) is 0 Å². The molecule has 0 saturated heterocycles. The molecule has 1 heterocycles. The van der Waals surface area contributed by atoms with Crippen molar-refractivity contribution in [2.75, 3.05) is 12.5 Å². The Hall–Kier alpha value is -2.78. The summed E-state index contributed by atoms with van der Waals surface area (Å²) in [5, 5.41) is 34.0. The van der Waals surface area contributed by atoms with E-state index in [1.54, 1.807) is 41.6 Å². The quantitative estimate of drug-likeness (QED) is 0.289. The lowest BCUT2D eigenvalue weighted by atomic mass is 10.1. The number of ether oxygens (including phenoxy) is 1. The molecule has 0 aliphatic carbocycles. The van der Waals surface area contributed by atoms with Gasteiger partial charge in [0.15, 0.2) is 5.82 Å². The van der Waals surface area contributed by atoms with Crippen LogP contribution in [0.5, 0.6) is 5.75 Å². The van der Waals surface area contributed by atoms with E-state index >= 15 is 0 Å². The van der Waals surface area contributed by atoms with Crippen molar-refractivity contribution in [1.82, 2.24) is 4.98 Å². The molecule has 9 nitrogen and oxygen atoms in total. The van der Waals surface area contributed by atoms with E-state index in [0.717, 1.165) is 0 Å². The second-order valence-electron chi connectivity index (χ2n) is 5.19. The number of hydrazone groups is 1. The van der Waals surface area contributed by atoms with Gasteiger partial charge in [-0.25, -0.2) is 4.98 Å². The number of rotatable bonds is 6. The van der Waals surface area contributed by atoms with Gasteiger partial charge in [0, 0.05) is 30.0 Å². The first-order chi connectivity index (χ1) is 12.4. The third kappa shape index (κ3) is 4.44. The number of hydrogen-bond donors (Lipinski definition) is 2. The summed E-state index contributed by atoms with van der Waals surface area (Å²) >= 11 is 1.80. The molecule has 0 spiro atoms. The Kier molecular flexibility index (Phi) is 6.42. The summed E-state index contributed by atoms with van der Waals surface area (Å²) in [6.45, 7) is 2.04. The molecule has 10 heteroatoms. The lowest BCUT2D eigenvalue weighted by molar-refractivity contribution is -0.386. The van der Waals surface area contributed by atoms with Crippen molar-refractivity contribution in [2.45, 2.75) is 13.5 Å².